The summed E-state index contributed by atoms with van der Waals surface area (Å²) in [5.74, 6) is 0.165. The Bertz CT molecular complexity index is 739. The number of carbonyl (C=O) groups is 1. The van der Waals surface area contributed by atoms with E-state index in [1.165, 1.54) is 16.9 Å². The van der Waals surface area contributed by atoms with Gasteiger partial charge < -0.3 is 15.3 Å². The third kappa shape index (κ3) is 5.03. The van der Waals surface area contributed by atoms with Crippen LogP contribution in [0, 0.1) is 0 Å². The molecule has 6 nitrogen and oxygen atoms in total. The number of piperazine rings is 1. The minimum absolute atomic E-state index is 0.165. The van der Waals surface area contributed by atoms with Gasteiger partial charge in [-0.25, -0.2) is 4.98 Å². The van der Waals surface area contributed by atoms with Gasteiger partial charge in [-0.05, 0) is 24.6 Å². The summed E-state index contributed by atoms with van der Waals surface area (Å²) in [5.41, 5.74) is 2.34. The van der Waals surface area contributed by atoms with E-state index in [2.05, 4.69) is 39.5 Å². The molecular weight excluding hydrogens is 348 g/mol. The van der Waals surface area contributed by atoms with Crippen molar-refractivity contribution in [3.8, 4) is 0 Å². The van der Waals surface area contributed by atoms with Crippen LogP contribution in [0.5, 0.6) is 0 Å². The van der Waals surface area contributed by atoms with Crippen molar-refractivity contribution in [1.82, 2.24) is 14.8 Å². The smallest absolute Gasteiger partial charge is 0.219 e. The number of hydrogen-bond donors (Lipinski definition) is 2. The Labute approximate surface area is 158 Å². The van der Waals surface area contributed by atoms with Crippen molar-refractivity contribution in [2.24, 2.45) is 0 Å². The summed E-state index contributed by atoms with van der Waals surface area (Å²) >= 11 is 1.53. The van der Waals surface area contributed by atoms with Gasteiger partial charge in [-0.2, -0.15) is 0 Å². The Balaban J connectivity index is 1.52. The molecule has 0 spiro atoms. The van der Waals surface area contributed by atoms with Gasteiger partial charge in [-0.1, -0.05) is 12.1 Å². The molecule has 1 aliphatic rings. The fourth-order valence-electron chi connectivity index (χ4n) is 3.05. The van der Waals surface area contributed by atoms with Gasteiger partial charge in [0.05, 0.1) is 6.54 Å². The van der Waals surface area contributed by atoms with Gasteiger partial charge >= 0.3 is 0 Å². The Hall–Kier alpha value is -1.96. The second-order valence-corrected chi connectivity index (χ2v) is 7.82. The maximum absolute atomic E-state index is 11.4. The predicted octanol–water partition coefficient (Wildman–Crippen LogP) is 2.47. The molecule has 1 amide bonds. The molecule has 1 fully saturated rings. The van der Waals surface area contributed by atoms with Gasteiger partial charge in [-0.3, -0.25) is 9.69 Å². The third-order valence-corrected chi connectivity index (χ3v) is 5.71. The molecule has 0 unspecified atom stereocenters. The van der Waals surface area contributed by atoms with Crippen LogP contribution in [0.3, 0.4) is 0 Å². The van der Waals surface area contributed by atoms with E-state index < -0.39 is 6.10 Å². The number of aliphatic hydroxyl groups is 1. The van der Waals surface area contributed by atoms with Crippen molar-refractivity contribution in [3.05, 3.63) is 45.9 Å². The molecule has 1 saturated heterocycles. The number of thiazole rings is 1. The zero-order chi connectivity index (χ0) is 18.5. The van der Waals surface area contributed by atoms with Gasteiger partial charge in [-0.15, -0.1) is 11.3 Å². The van der Waals surface area contributed by atoms with Crippen molar-refractivity contribution in [2.45, 2.75) is 33.0 Å². The van der Waals surface area contributed by atoms with E-state index in [-0.39, 0.29) is 5.91 Å². The largest absolute Gasteiger partial charge is 0.386 e. The first-order chi connectivity index (χ1) is 12.5. The number of hydrogen-bond acceptors (Lipinski definition) is 6. The molecule has 7 heteroatoms. The highest BCUT2D eigenvalue weighted by Crippen LogP contribution is 2.21. The van der Waals surface area contributed by atoms with Crippen LogP contribution in [-0.4, -0.2) is 52.0 Å². The van der Waals surface area contributed by atoms with Crippen molar-refractivity contribution in [1.29, 1.82) is 0 Å². The number of nitrogens with zero attached hydrogens (tertiary/aromatic N) is 3. The van der Waals surface area contributed by atoms with Crippen LogP contribution < -0.4 is 5.32 Å². The Morgan fingerprint density at radius 1 is 1.35 bits per heavy atom. The summed E-state index contributed by atoms with van der Waals surface area (Å²) in [6, 6.07) is 8.44. The van der Waals surface area contributed by atoms with E-state index in [1.807, 2.05) is 11.1 Å². The van der Waals surface area contributed by atoms with Gasteiger partial charge in [0, 0.05) is 56.4 Å². The first kappa shape index (κ1) is 18.8. The molecule has 2 heterocycles. The topological polar surface area (TPSA) is 68.7 Å². The monoisotopic (exact) mass is 374 g/mol. The van der Waals surface area contributed by atoms with Crippen LogP contribution in [0.1, 0.15) is 35.4 Å². The molecule has 0 radical (unpaired) electrons. The number of amides is 1. The maximum atomic E-state index is 11.4. The Morgan fingerprint density at radius 3 is 2.77 bits per heavy atom. The Kier molecular flexibility index (Phi) is 6.24. The van der Waals surface area contributed by atoms with Crippen LogP contribution in [0.15, 0.2) is 30.5 Å². The standard InChI is InChI=1S/C19H26N4O2S/c1-14(24)19-21-12-18(26-19)11-20-17-5-3-4-16(10-17)13-22-6-8-23(9-7-22)15(2)25/h3-5,10,12,14,20,24H,6-9,11,13H2,1-2H3/t14-/m1/s1. The molecule has 0 bridgehead atoms. The number of benzene rings is 1. The van der Waals surface area contributed by atoms with Gasteiger partial charge in [0.1, 0.15) is 11.1 Å². The molecule has 3 rings (SSSR count). The van der Waals surface area contributed by atoms with E-state index >= 15 is 0 Å². The molecule has 1 aliphatic heterocycles. The molecule has 1 aromatic heterocycles. The second-order valence-electron chi connectivity index (χ2n) is 6.68. The lowest BCUT2D eigenvalue weighted by Crippen LogP contribution is -2.47. The highest BCUT2D eigenvalue weighted by molar-refractivity contribution is 7.11. The van der Waals surface area contributed by atoms with E-state index in [0.717, 1.165) is 48.3 Å². The SMILES string of the molecule is CC(=O)N1CCN(Cc2cccc(NCc3cnc([C@@H](C)O)s3)c2)CC1. The predicted molar refractivity (Wildman–Crippen MR) is 104 cm³/mol. The van der Waals surface area contributed by atoms with Crippen LogP contribution in [0.4, 0.5) is 5.69 Å². The van der Waals surface area contributed by atoms with Crippen molar-refractivity contribution >= 4 is 22.9 Å². The van der Waals surface area contributed by atoms with Gasteiger partial charge in [0.2, 0.25) is 5.91 Å². The van der Waals surface area contributed by atoms with Gasteiger partial charge in [0.15, 0.2) is 0 Å². The summed E-state index contributed by atoms with van der Waals surface area (Å²) in [5, 5.41) is 13.7. The van der Waals surface area contributed by atoms with Crippen molar-refractivity contribution in [3.63, 3.8) is 0 Å². The van der Waals surface area contributed by atoms with Gasteiger partial charge in [0.25, 0.3) is 0 Å². The average molecular weight is 375 g/mol. The highest BCUT2D eigenvalue weighted by atomic mass is 32.1. The summed E-state index contributed by atoms with van der Waals surface area (Å²) in [6.07, 6.45) is 1.30. The molecule has 2 aromatic rings. The number of aromatic nitrogens is 1. The van der Waals surface area contributed by atoms with E-state index in [1.54, 1.807) is 13.8 Å². The summed E-state index contributed by atoms with van der Waals surface area (Å²) in [6.45, 7) is 8.42. The highest BCUT2D eigenvalue weighted by Gasteiger charge is 2.18. The van der Waals surface area contributed by atoms with Crippen LogP contribution in [-0.2, 0) is 17.9 Å². The molecule has 0 saturated carbocycles. The molecule has 0 aliphatic carbocycles. The fraction of sp³-hybridized carbons (Fsp3) is 0.474. The van der Waals surface area contributed by atoms with E-state index in [0.29, 0.717) is 6.54 Å². The first-order valence-electron chi connectivity index (χ1n) is 8.94. The second kappa shape index (κ2) is 8.62. The molecule has 1 atom stereocenters. The van der Waals surface area contributed by atoms with E-state index in [9.17, 15) is 9.90 Å². The molecule has 2 N–H and O–H groups in total. The van der Waals surface area contributed by atoms with Crippen molar-refractivity contribution < 1.29 is 9.90 Å². The number of carbonyl (C=O) groups excluding carboxylic acids is 1. The summed E-state index contributed by atoms with van der Waals surface area (Å²) < 4.78 is 0. The lowest BCUT2D eigenvalue weighted by Gasteiger charge is -2.34. The maximum Gasteiger partial charge on any atom is 0.219 e. The quantitative estimate of drug-likeness (QED) is 0.813. The zero-order valence-corrected chi connectivity index (χ0v) is 16.1. The minimum Gasteiger partial charge on any atom is -0.386 e. The molecule has 26 heavy (non-hydrogen) atoms. The molecular formula is C19H26N4O2S. The number of anilines is 1. The van der Waals surface area contributed by atoms with Crippen LogP contribution in [0.25, 0.3) is 0 Å². The summed E-state index contributed by atoms with van der Waals surface area (Å²) in [4.78, 5) is 21.0. The van der Waals surface area contributed by atoms with Crippen LogP contribution in [0.2, 0.25) is 0 Å². The lowest BCUT2D eigenvalue weighted by atomic mass is 10.1. The summed E-state index contributed by atoms with van der Waals surface area (Å²) in [7, 11) is 0. The zero-order valence-electron chi connectivity index (χ0n) is 15.3. The number of rotatable bonds is 6. The number of nitrogens with one attached hydrogen (secondary N) is 1. The molecule has 1 aromatic carbocycles. The first-order valence-corrected chi connectivity index (χ1v) is 9.76. The normalized spacial score (nSPS) is 16.5. The Morgan fingerprint density at radius 2 is 2.12 bits per heavy atom. The lowest BCUT2D eigenvalue weighted by molar-refractivity contribution is -0.130. The fourth-order valence-corrected chi connectivity index (χ4v) is 3.84. The third-order valence-electron chi connectivity index (χ3n) is 4.55. The average Bonchev–Trinajstić information content (AvgIpc) is 3.10. The molecule has 140 valence electrons. The van der Waals surface area contributed by atoms with Crippen molar-refractivity contribution in [2.75, 3.05) is 31.5 Å². The minimum atomic E-state index is -0.513. The van der Waals surface area contributed by atoms with E-state index in [4.69, 9.17) is 0 Å². The number of aliphatic hydroxyl groups excluding tert-OH is 1. The van der Waals surface area contributed by atoms with Crippen LogP contribution >= 0.6 is 11.3 Å².